The van der Waals surface area contributed by atoms with E-state index in [2.05, 4.69) is 10.4 Å². The van der Waals surface area contributed by atoms with Crippen molar-refractivity contribution >= 4 is 11.9 Å². The lowest BCUT2D eigenvalue weighted by molar-refractivity contribution is 0.0696. The van der Waals surface area contributed by atoms with Gasteiger partial charge in [0.05, 0.1) is 16.8 Å². The van der Waals surface area contributed by atoms with Crippen LogP contribution in [0, 0.1) is 6.92 Å². The molecule has 0 atom stereocenters. The second-order valence-corrected chi connectivity index (χ2v) is 4.49. The van der Waals surface area contributed by atoms with Gasteiger partial charge in [-0.05, 0) is 24.6 Å². The number of carboxylic acid groups (broad SMARTS) is 1. The average Bonchev–Trinajstić information content (AvgIpc) is 2.75. The van der Waals surface area contributed by atoms with E-state index in [1.807, 2.05) is 0 Å². The number of nitrogens with zero attached hydrogens (tertiary/aromatic N) is 2. The summed E-state index contributed by atoms with van der Waals surface area (Å²) in [5.41, 5.74) is 2.11. The SMILES string of the molecule is Cc1nn(C)cc1C(=O)NCc1cccc(C(=O)O)c1. The van der Waals surface area contributed by atoms with Gasteiger partial charge in [-0.25, -0.2) is 4.79 Å². The molecule has 0 aliphatic carbocycles. The molecule has 0 bridgehead atoms. The molecule has 1 aromatic heterocycles. The predicted molar refractivity (Wildman–Crippen MR) is 72.5 cm³/mol. The number of carboxylic acids is 1. The standard InChI is InChI=1S/C14H15N3O3/c1-9-12(8-17(2)16-9)13(18)15-7-10-4-3-5-11(6-10)14(19)20/h3-6,8H,7H2,1-2H3,(H,15,18)(H,19,20). The third-order valence-electron chi connectivity index (χ3n) is 2.89. The maximum absolute atomic E-state index is 12.0. The molecule has 1 aromatic carbocycles. The maximum Gasteiger partial charge on any atom is 0.335 e. The van der Waals surface area contributed by atoms with Gasteiger partial charge >= 0.3 is 5.97 Å². The van der Waals surface area contributed by atoms with Gasteiger partial charge in [0, 0.05) is 19.8 Å². The molecule has 0 spiro atoms. The number of aromatic carboxylic acids is 1. The van der Waals surface area contributed by atoms with Crippen LogP contribution in [0.25, 0.3) is 0 Å². The van der Waals surface area contributed by atoms with Gasteiger partial charge in [0.2, 0.25) is 0 Å². The van der Waals surface area contributed by atoms with E-state index in [4.69, 9.17) is 5.11 Å². The van der Waals surface area contributed by atoms with Crippen LogP contribution in [0.5, 0.6) is 0 Å². The normalized spacial score (nSPS) is 10.3. The molecule has 0 saturated heterocycles. The molecule has 20 heavy (non-hydrogen) atoms. The Bertz CT molecular complexity index is 661. The molecule has 0 radical (unpaired) electrons. The van der Waals surface area contributed by atoms with Crippen LogP contribution in [-0.4, -0.2) is 26.8 Å². The summed E-state index contributed by atoms with van der Waals surface area (Å²) in [6.07, 6.45) is 1.65. The van der Waals surface area contributed by atoms with Crippen molar-refractivity contribution in [1.82, 2.24) is 15.1 Å². The van der Waals surface area contributed by atoms with E-state index in [0.717, 1.165) is 5.56 Å². The molecule has 2 aromatic rings. The second-order valence-electron chi connectivity index (χ2n) is 4.49. The summed E-state index contributed by atoms with van der Waals surface area (Å²) >= 11 is 0. The first-order valence-corrected chi connectivity index (χ1v) is 6.08. The molecular formula is C14H15N3O3. The molecule has 0 aliphatic heterocycles. The third-order valence-corrected chi connectivity index (χ3v) is 2.89. The molecule has 0 aliphatic rings. The van der Waals surface area contributed by atoms with Crippen molar-refractivity contribution in [2.45, 2.75) is 13.5 Å². The number of aromatic nitrogens is 2. The van der Waals surface area contributed by atoms with Gasteiger partial charge in [-0.15, -0.1) is 0 Å². The van der Waals surface area contributed by atoms with Crippen LogP contribution in [0.2, 0.25) is 0 Å². The van der Waals surface area contributed by atoms with Crippen LogP contribution in [0.4, 0.5) is 0 Å². The maximum atomic E-state index is 12.0. The Kier molecular flexibility index (Phi) is 3.84. The minimum absolute atomic E-state index is 0.203. The molecule has 104 valence electrons. The third kappa shape index (κ3) is 3.03. The number of benzene rings is 1. The number of rotatable bonds is 4. The summed E-state index contributed by atoms with van der Waals surface area (Å²) in [6, 6.07) is 6.47. The van der Waals surface area contributed by atoms with Gasteiger partial charge in [0.15, 0.2) is 0 Å². The predicted octanol–water partition coefficient (Wildman–Crippen LogP) is 1.36. The number of amides is 1. The van der Waals surface area contributed by atoms with Crippen LogP contribution in [0.1, 0.15) is 32.0 Å². The molecule has 1 heterocycles. The molecule has 0 unspecified atom stereocenters. The summed E-state index contributed by atoms with van der Waals surface area (Å²) < 4.78 is 1.58. The number of nitrogens with one attached hydrogen (secondary N) is 1. The van der Waals surface area contributed by atoms with E-state index in [0.29, 0.717) is 11.3 Å². The fourth-order valence-corrected chi connectivity index (χ4v) is 1.91. The zero-order valence-corrected chi connectivity index (χ0v) is 11.3. The molecule has 1 amide bonds. The van der Waals surface area contributed by atoms with E-state index in [9.17, 15) is 9.59 Å². The quantitative estimate of drug-likeness (QED) is 0.880. The van der Waals surface area contributed by atoms with Crippen molar-refractivity contribution in [2.24, 2.45) is 7.05 Å². The minimum atomic E-state index is -0.985. The molecule has 0 saturated carbocycles. The highest BCUT2D eigenvalue weighted by Crippen LogP contribution is 2.07. The van der Waals surface area contributed by atoms with E-state index >= 15 is 0 Å². The highest BCUT2D eigenvalue weighted by molar-refractivity contribution is 5.95. The molecule has 2 rings (SSSR count). The lowest BCUT2D eigenvalue weighted by Crippen LogP contribution is -2.23. The summed E-state index contributed by atoms with van der Waals surface area (Å²) in [5, 5.41) is 15.8. The van der Waals surface area contributed by atoms with Gasteiger partial charge in [0.1, 0.15) is 0 Å². The Morgan fingerprint density at radius 3 is 2.75 bits per heavy atom. The fourth-order valence-electron chi connectivity index (χ4n) is 1.91. The topological polar surface area (TPSA) is 84.2 Å². The fraction of sp³-hybridized carbons (Fsp3) is 0.214. The van der Waals surface area contributed by atoms with Crippen LogP contribution < -0.4 is 5.32 Å². The Balaban J connectivity index is 2.05. The lowest BCUT2D eigenvalue weighted by Gasteiger charge is -2.05. The van der Waals surface area contributed by atoms with Crippen molar-refractivity contribution in [3.8, 4) is 0 Å². The number of carbonyl (C=O) groups is 2. The molecule has 0 fully saturated rings. The van der Waals surface area contributed by atoms with Gasteiger partial charge in [0.25, 0.3) is 5.91 Å². The first-order valence-electron chi connectivity index (χ1n) is 6.08. The van der Waals surface area contributed by atoms with Crippen molar-refractivity contribution in [3.05, 3.63) is 52.8 Å². The van der Waals surface area contributed by atoms with E-state index in [1.54, 1.807) is 43.0 Å². The zero-order valence-electron chi connectivity index (χ0n) is 11.3. The second kappa shape index (κ2) is 5.56. The van der Waals surface area contributed by atoms with Gasteiger partial charge in [-0.3, -0.25) is 9.48 Å². The lowest BCUT2D eigenvalue weighted by atomic mass is 10.1. The van der Waals surface area contributed by atoms with Crippen LogP contribution in [-0.2, 0) is 13.6 Å². The Morgan fingerprint density at radius 2 is 2.15 bits per heavy atom. The molecule has 6 heteroatoms. The van der Waals surface area contributed by atoms with E-state index in [1.165, 1.54) is 6.07 Å². The summed E-state index contributed by atoms with van der Waals surface area (Å²) in [6.45, 7) is 2.04. The van der Waals surface area contributed by atoms with Crippen LogP contribution in [0.15, 0.2) is 30.5 Å². The number of carbonyl (C=O) groups excluding carboxylic acids is 1. The van der Waals surface area contributed by atoms with E-state index < -0.39 is 5.97 Å². The number of hydrogen-bond acceptors (Lipinski definition) is 3. The van der Waals surface area contributed by atoms with Gasteiger partial charge < -0.3 is 10.4 Å². The smallest absolute Gasteiger partial charge is 0.335 e. The van der Waals surface area contributed by atoms with Crippen molar-refractivity contribution in [2.75, 3.05) is 0 Å². The van der Waals surface area contributed by atoms with Gasteiger partial charge in [-0.2, -0.15) is 5.10 Å². The minimum Gasteiger partial charge on any atom is -0.478 e. The summed E-state index contributed by atoms with van der Waals surface area (Å²) in [5.74, 6) is -1.21. The van der Waals surface area contributed by atoms with Crippen LogP contribution >= 0.6 is 0 Å². The largest absolute Gasteiger partial charge is 0.478 e. The zero-order chi connectivity index (χ0) is 14.7. The Morgan fingerprint density at radius 1 is 1.40 bits per heavy atom. The van der Waals surface area contributed by atoms with E-state index in [-0.39, 0.29) is 18.0 Å². The van der Waals surface area contributed by atoms with Crippen molar-refractivity contribution < 1.29 is 14.7 Å². The molecular weight excluding hydrogens is 258 g/mol. The highest BCUT2D eigenvalue weighted by atomic mass is 16.4. The first kappa shape index (κ1) is 13.8. The van der Waals surface area contributed by atoms with Crippen molar-refractivity contribution in [3.63, 3.8) is 0 Å². The number of hydrogen-bond donors (Lipinski definition) is 2. The average molecular weight is 273 g/mol. The highest BCUT2D eigenvalue weighted by Gasteiger charge is 2.12. The first-order chi connectivity index (χ1) is 9.47. The summed E-state index contributed by atoms with van der Waals surface area (Å²) in [4.78, 5) is 22.9. The Labute approximate surface area is 116 Å². The Hall–Kier alpha value is -2.63. The monoisotopic (exact) mass is 273 g/mol. The molecule has 6 nitrogen and oxygen atoms in total. The van der Waals surface area contributed by atoms with Crippen molar-refractivity contribution in [1.29, 1.82) is 0 Å². The van der Waals surface area contributed by atoms with Crippen LogP contribution in [0.3, 0.4) is 0 Å². The molecule has 2 N–H and O–H groups in total. The number of aryl methyl sites for hydroxylation is 2. The summed E-state index contributed by atoms with van der Waals surface area (Å²) in [7, 11) is 1.75. The van der Waals surface area contributed by atoms with Gasteiger partial charge in [-0.1, -0.05) is 12.1 Å².